The summed E-state index contributed by atoms with van der Waals surface area (Å²) in [6.07, 6.45) is 0. The summed E-state index contributed by atoms with van der Waals surface area (Å²) in [5, 5.41) is 5.43. The van der Waals surface area contributed by atoms with Crippen LogP contribution in [-0.4, -0.2) is 20.3 Å². The molecule has 0 aliphatic heterocycles. The van der Waals surface area contributed by atoms with E-state index in [9.17, 15) is 0 Å². The Labute approximate surface area is 125 Å². The van der Waals surface area contributed by atoms with E-state index in [1.54, 1.807) is 18.4 Å². The lowest BCUT2D eigenvalue weighted by molar-refractivity contribution is 0.292. The number of rotatable bonds is 7. The predicted molar refractivity (Wildman–Crippen MR) is 82.2 cm³/mol. The molecule has 0 aliphatic carbocycles. The molecular formula is C14H16BrNO2S. The van der Waals surface area contributed by atoms with E-state index in [2.05, 4.69) is 32.7 Å². The van der Waals surface area contributed by atoms with Gasteiger partial charge in [-0.25, -0.2) is 0 Å². The Morgan fingerprint density at radius 2 is 2.05 bits per heavy atom. The first kappa shape index (κ1) is 14.4. The van der Waals surface area contributed by atoms with Crippen molar-refractivity contribution in [3.63, 3.8) is 0 Å². The van der Waals surface area contributed by atoms with E-state index >= 15 is 0 Å². The number of benzene rings is 1. The van der Waals surface area contributed by atoms with Gasteiger partial charge in [-0.05, 0) is 34.1 Å². The fraction of sp³-hybridized carbons (Fsp3) is 0.286. The molecule has 2 aromatic rings. The zero-order valence-corrected chi connectivity index (χ0v) is 13.1. The van der Waals surface area contributed by atoms with E-state index < -0.39 is 0 Å². The van der Waals surface area contributed by atoms with Crippen LogP contribution in [0.2, 0.25) is 0 Å². The van der Waals surface area contributed by atoms with Gasteiger partial charge in [0.15, 0.2) is 11.5 Å². The molecule has 0 spiro atoms. The monoisotopic (exact) mass is 341 g/mol. The number of halogens is 1. The van der Waals surface area contributed by atoms with Crippen molar-refractivity contribution in [2.75, 3.05) is 20.3 Å². The van der Waals surface area contributed by atoms with Crippen molar-refractivity contribution >= 4 is 27.3 Å². The zero-order chi connectivity index (χ0) is 13.5. The summed E-state index contributed by atoms with van der Waals surface area (Å²) in [4.78, 5) is 1.31. The summed E-state index contributed by atoms with van der Waals surface area (Å²) >= 11 is 5.19. The molecule has 0 saturated heterocycles. The smallest absolute Gasteiger partial charge is 0.161 e. The van der Waals surface area contributed by atoms with Gasteiger partial charge in [0.25, 0.3) is 0 Å². The molecule has 0 aliphatic rings. The number of ether oxygens (including phenoxy) is 2. The standard InChI is InChI=1S/C14H16BrNO2S/c1-17-13-4-2-3-5-14(13)18-7-6-16-9-12-8-11(15)10-19-12/h2-5,8,10,16H,6-7,9H2,1H3. The maximum Gasteiger partial charge on any atom is 0.161 e. The average molecular weight is 342 g/mol. The minimum absolute atomic E-state index is 0.618. The third-order valence-electron chi connectivity index (χ3n) is 2.53. The average Bonchev–Trinajstić information content (AvgIpc) is 2.84. The van der Waals surface area contributed by atoms with Crippen LogP contribution in [0.4, 0.5) is 0 Å². The van der Waals surface area contributed by atoms with E-state index in [1.165, 1.54) is 4.88 Å². The Kier molecular flexibility index (Phi) is 5.69. The van der Waals surface area contributed by atoms with Crippen molar-refractivity contribution in [1.29, 1.82) is 0 Å². The quantitative estimate of drug-likeness (QED) is 0.779. The van der Waals surface area contributed by atoms with Crippen LogP contribution >= 0.6 is 27.3 Å². The van der Waals surface area contributed by atoms with E-state index in [0.29, 0.717) is 6.61 Å². The molecule has 0 saturated carbocycles. The normalized spacial score (nSPS) is 10.4. The summed E-state index contributed by atoms with van der Waals surface area (Å²) in [6.45, 7) is 2.28. The zero-order valence-electron chi connectivity index (χ0n) is 10.7. The number of nitrogens with one attached hydrogen (secondary N) is 1. The third kappa shape index (κ3) is 4.53. The number of para-hydroxylation sites is 2. The second kappa shape index (κ2) is 7.53. The molecule has 102 valence electrons. The van der Waals surface area contributed by atoms with Crippen LogP contribution in [-0.2, 0) is 6.54 Å². The molecule has 1 N–H and O–H groups in total. The highest BCUT2D eigenvalue weighted by atomic mass is 79.9. The summed E-state index contributed by atoms with van der Waals surface area (Å²) in [5.74, 6) is 1.55. The van der Waals surface area contributed by atoms with Gasteiger partial charge in [-0.3, -0.25) is 0 Å². The highest BCUT2D eigenvalue weighted by Gasteiger charge is 2.02. The SMILES string of the molecule is COc1ccccc1OCCNCc1cc(Br)cs1. The lowest BCUT2D eigenvalue weighted by Crippen LogP contribution is -2.20. The predicted octanol–water partition coefficient (Wildman–Crippen LogP) is 3.69. The van der Waals surface area contributed by atoms with Gasteiger partial charge in [-0.15, -0.1) is 11.3 Å². The first-order chi connectivity index (χ1) is 9.29. The van der Waals surface area contributed by atoms with Crippen LogP contribution in [0.1, 0.15) is 4.88 Å². The first-order valence-corrected chi connectivity index (χ1v) is 7.66. The van der Waals surface area contributed by atoms with Crippen molar-refractivity contribution in [2.24, 2.45) is 0 Å². The number of methoxy groups -OCH3 is 1. The van der Waals surface area contributed by atoms with Gasteiger partial charge >= 0.3 is 0 Å². The molecule has 0 bridgehead atoms. The number of thiophene rings is 1. The Morgan fingerprint density at radius 3 is 2.74 bits per heavy atom. The number of hydrogen-bond donors (Lipinski definition) is 1. The maximum absolute atomic E-state index is 5.68. The Balaban J connectivity index is 1.69. The van der Waals surface area contributed by atoms with E-state index in [0.717, 1.165) is 29.1 Å². The van der Waals surface area contributed by atoms with Gasteiger partial charge in [0.1, 0.15) is 6.61 Å². The van der Waals surface area contributed by atoms with Crippen LogP contribution in [0.5, 0.6) is 11.5 Å². The summed E-state index contributed by atoms with van der Waals surface area (Å²) in [6, 6.07) is 9.80. The minimum atomic E-state index is 0.618. The molecule has 0 atom stereocenters. The molecule has 1 aromatic carbocycles. The van der Waals surface area contributed by atoms with E-state index in [1.807, 2.05) is 24.3 Å². The molecule has 1 aromatic heterocycles. The van der Waals surface area contributed by atoms with Crippen LogP contribution in [0.15, 0.2) is 40.2 Å². The van der Waals surface area contributed by atoms with Crippen LogP contribution < -0.4 is 14.8 Å². The lowest BCUT2D eigenvalue weighted by atomic mass is 10.3. The highest BCUT2D eigenvalue weighted by molar-refractivity contribution is 9.10. The number of hydrogen-bond acceptors (Lipinski definition) is 4. The molecule has 1 heterocycles. The van der Waals surface area contributed by atoms with Crippen LogP contribution in [0.25, 0.3) is 0 Å². The minimum Gasteiger partial charge on any atom is -0.493 e. The van der Waals surface area contributed by atoms with Crippen molar-refractivity contribution in [1.82, 2.24) is 5.32 Å². The van der Waals surface area contributed by atoms with Gasteiger partial charge in [0, 0.05) is 27.8 Å². The fourth-order valence-electron chi connectivity index (χ4n) is 1.63. The first-order valence-electron chi connectivity index (χ1n) is 5.99. The molecule has 0 amide bonds. The van der Waals surface area contributed by atoms with Gasteiger partial charge in [0.05, 0.1) is 7.11 Å². The van der Waals surface area contributed by atoms with Gasteiger partial charge in [0.2, 0.25) is 0 Å². The van der Waals surface area contributed by atoms with E-state index in [4.69, 9.17) is 9.47 Å². The van der Waals surface area contributed by atoms with Gasteiger partial charge in [-0.1, -0.05) is 12.1 Å². The van der Waals surface area contributed by atoms with Crippen molar-refractivity contribution < 1.29 is 9.47 Å². The third-order valence-corrected chi connectivity index (χ3v) is 4.22. The Hall–Kier alpha value is -1.04. The molecule has 0 fully saturated rings. The van der Waals surface area contributed by atoms with Gasteiger partial charge < -0.3 is 14.8 Å². The Bertz CT molecular complexity index is 516. The van der Waals surface area contributed by atoms with Crippen LogP contribution in [0, 0.1) is 0 Å². The van der Waals surface area contributed by atoms with E-state index in [-0.39, 0.29) is 0 Å². The van der Waals surface area contributed by atoms with Crippen molar-refractivity contribution in [3.05, 3.63) is 45.1 Å². The largest absolute Gasteiger partial charge is 0.493 e. The molecule has 2 rings (SSSR count). The molecule has 19 heavy (non-hydrogen) atoms. The molecule has 0 unspecified atom stereocenters. The van der Waals surface area contributed by atoms with Crippen molar-refractivity contribution in [3.8, 4) is 11.5 Å². The summed E-state index contributed by atoms with van der Waals surface area (Å²) in [5.41, 5.74) is 0. The van der Waals surface area contributed by atoms with Crippen molar-refractivity contribution in [2.45, 2.75) is 6.54 Å². The van der Waals surface area contributed by atoms with Crippen LogP contribution in [0.3, 0.4) is 0 Å². The molecule has 0 radical (unpaired) electrons. The Morgan fingerprint density at radius 1 is 1.26 bits per heavy atom. The maximum atomic E-state index is 5.68. The molecular weight excluding hydrogens is 326 g/mol. The second-order valence-electron chi connectivity index (χ2n) is 3.91. The molecule has 3 nitrogen and oxygen atoms in total. The lowest BCUT2D eigenvalue weighted by Gasteiger charge is -2.10. The molecule has 5 heteroatoms. The summed E-state index contributed by atoms with van der Waals surface area (Å²) < 4.78 is 12.0. The van der Waals surface area contributed by atoms with Gasteiger partial charge in [-0.2, -0.15) is 0 Å². The fourth-order valence-corrected chi connectivity index (χ4v) is 3.05. The topological polar surface area (TPSA) is 30.5 Å². The summed E-state index contributed by atoms with van der Waals surface area (Å²) in [7, 11) is 1.65. The second-order valence-corrected chi connectivity index (χ2v) is 5.82. The highest BCUT2D eigenvalue weighted by Crippen LogP contribution is 2.25.